The van der Waals surface area contributed by atoms with Gasteiger partial charge in [0, 0.05) is 12.7 Å². The predicted octanol–water partition coefficient (Wildman–Crippen LogP) is 1.44. The molecule has 2 unspecified atom stereocenters. The molecule has 6 nitrogen and oxygen atoms in total. The van der Waals surface area contributed by atoms with Gasteiger partial charge in [0.25, 0.3) is 0 Å². The fourth-order valence-corrected chi connectivity index (χ4v) is 5.89. The monoisotopic (exact) mass is 367 g/mol. The number of likely N-dealkylation sites (N-methyl/N-ethyl adjacent to an activating group) is 1. The van der Waals surface area contributed by atoms with E-state index in [4.69, 9.17) is 0 Å². The molecule has 1 saturated heterocycles. The van der Waals surface area contributed by atoms with Crippen molar-refractivity contribution in [3.05, 3.63) is 29.3 Å². The minimum absolute atomic E-state index is 0.0834. The number of nitrogens with zero attached hydrogens (tertiary/aromatic N) is 2. The number of fused-ring (bicyclic) bond motifs is 1. The van der Waals surface area contributed by atoms with Crippen LogP contribution in [0.15, 0.2) is 23.2 Å². The van der Waals surface area contributed by atoms with E-state index in [1.807, 2.05) is 44.0 Å². The van der Waals surface area contributed by atoms with Crippen molar-refractivity contribution in [1.29, 1.82) is 0 Å². The first-order valence-corrected chi connectivity index (χ1v) is 10.6. The lowest BCUT2D eigenvalue weighted by Crippen LogP contribution is -2.35. The minimum atomic E-state index is -2.98. The minimum Gasteiger partial charge on any atom is -0.348 e. The molecule has 0 aromatic heterocycles. The fourth-order valence-electron chi connectivity index (χ4n) is 3.09. The Morgan fingerprint density at radius 2 is 2.12 bits per heavy atom. The number of rotatable bonds is 3. The molecule has 1 aromatic carbocycles. The van der Waals surface area contributed by atoms with Crippen LogP contribution in [0.25, 0.3) is 0 Å². The lowest BCUT2D eigenvalue weighted by Gasteiger charge is -2.20. The van der Waals surface area contributed by atoms with Gasteiger partial charge >= 0.3 is 0 Å². The second-order valence-electron chi connectivity index (χ2n) is 6.39. The molecule has 0 saturated carbocycles. The lowest BCUT2D eigenvalue weighted by molar-refractivity contribution is -0.113. The topological polar surface area (TPSA) is 78.8 Å². The molecule has 0 aliphatic carbocycles. The van der Waals surface area contributed by atoms with E-state index in [1.54, 1.807) is 0 Å². The van der Waals surface area contributed by atoms with E-state index in [0.29, 0.717) is 0 Å². The van der Waals surface area contributed by atoms with E-state index < -0.39 is 9.84 Å². The molecule has 0 bridgehead atoms. The maximum Gasteiger partial charge on any atom is 0.234 e. The molecule has 1 aromatic rings. The van der Waals surface area contributed by atoms with Crippen LogP contribution in [-0.4, -0.2) is 60.8 Å². The molecule has 1 N–H and O–H groups in total. The van der Waals surface area contributed by atoms with Gasteiger partial charge in [0.1, 0.15) is 0 Å². The SMILES string of the molecule is Cc1ccc(NC(=O)CSC2=NC3CS(=O)(=O)CC3N2C)c(C)c1. The summed E-state index contributed by atoms with van der Waals surface area (Å²) in [4.78, 5) is 18.5. The Morgan fingerprint density at radius 1 is 1.38 bits per heavy atom. The summed E-state index contributed by atoms with van der Waals surface area (Å²) >= 11 is 1.35. The first kappa shape index (κ1) is 17.3. The zero-order valence-corrected chi connectivity index (χ0v) is 15.6. The molecule has 2 heterocycles. The number of amidine groups is 1. The van der Waals surface area contributed by atoms with Crippen molar-refractivity contribution in [2.75, 3.05) is 29.6 Å². The molecule has 0 radical (unpaired) electrons. The number of anilines is 1. The molecule has 2 aliphatic rings. The largest absolute Gasteiger partial charge is 0.348 e. The van der Waals surface area contributed by atoms with Crippen molar-refractivity contribution in [2.24, 2.45) is 4.99 Å². The van der Waals surface area contributed by atoms with E-state index in [2.05, 4.69) is 10.3 Å². The van der Waals surface area contributed by atoms with Gasteiger partial charge in [0.05, 0.1) is 29.3 Å². The number of benzene rings is 1. The number of nitrogens with one attached hydrogen (secondary N) is 1. The van der Waals surface area contributed by atoms with E-state index in [9.17, 15) is 13.2 Å². The summed E-state index contributed by atoms with van der Waals surface area (Å²) in [5.41, 5.74) is 3.00. The van der Waals surface area contributed by atoms with Gasteiger partial charge in [0.2, 0.25) is 5.91 Å². The van der Waals surface area contributed by atoms with E-state index >= 15 is 0 Å². The van der Waals surface area contributed by atoms with Crippen molar-refractivity contribution in [3.8, 4) is 0 Å². The Hall–Kier alpha value is -1.54. The van der Waals surface area contributed by atoms with Gasteiger partial charge in [-0.3, -0.25) is 9.79 Å². The van der Waals surface area contributed by atoms with Crippen LogP contribution < -0.4 is 5.32 Å². The zero-order chi connectivity index (χ0) is 17.5. The molecule has 3 rings (SSSR count). The van der Waals surface area contributed by atoms with Gasteiger partial charge in [0.15, 0.2) is 15.0 Å². The molecule has 2 atom stereocenters. The highest BCUT2D eigenvalue weighted by Crippen LogP contribution is 2.29. The highest BCUT2D eigenvalue weighted by Gasteiger charge is 2.45. The summed E-state index contributed by atoms with van der Waals surface area (Å²) < 4.78 is 23.3. The number of sulfone groups is 1. The Bertz CT molecular complexity index is 805. The third-order valence-corrected chi connectivity index (χ3v) is 7.11. The Labute approximate surface area is 146 Å². The maximum absolute atomic E-state index is 12.2. The van der Waals surface area contributed by atoms with E-state index in [-0.39, 0.29) is 35.2 Å². The average Bonchev–Trinajstić information content (AvgIpc) is 2.93. The summed E-state index contributed by atoms with van der Waals surface area (Å²) in [7, 11) is -1.13. The number of carbonyl (C=O) groups is 1. The van der Waals surface area contributed by atoms with Crippen LogP contribution in [0.2, 0.25) is 0 Å². The molecule has 1 amide bonds. The van der Waals surface area contributed by atoms with Crippen LogP contribution in [0.5, 0.6) is 0 Å². The molecule has 1 fully saturated rings. The number of thioether (sulfide) groups is 1. The first-order chi connectivity index (χ1) is 11.2. The third kappa shape index (κ3) is 3.59. The Kier molecular flexibility index (Phi) is 4.61. The Morgan fingerprint density at radius 3 is 2.79 bits per heavy atom. The van der Waals surface area contributed by atoms with Crippen LogP contribution in [0.1, 0.15) is 11.1 Å². The van der Waals surface area contributed by atoms with Crippen LogP contribution >= 0.6 is 11.8 Å². The van der Waals surface area contributed by atoms with Crippen LogP contribution in [-0.2, 0) is 14.6 Å². The third-order valence-electron chi connectivity index (χ3n) is 4.36. The number of aliphatic imine (C=N–C) groups is 1. The number of hydrogen-bond acceptors (Lipinski definition) is 6. The molecule has 8 heteroatoms. The molecule has 130 valence electrons. The normalized spacial score (nSPS) is 24.6. The van der Waals surface area contributed by atoms with Crippen LogP contribution in [0.3, 0.4) is 0 Å². The van der Waals surface area contributed by atoms with Crippen molar-refractivity contribution in [2.45, 2.75) is 25.9 Å². The van der Waals surface area contributed by atoms with Gasteiger partial charge < -0.3 is 10.2 Å². The number of amides is 1. The van der Waals surface area contributed by atoms with Crippen molar-refractivity contribution >= 4 is 38.4 Å². The highest BCUT2D eigenvalue weighted by atomic mass is 32.2. The standard InChI is InChI=1S/C16H21N3O3S2/c1-10-4-5-12(11(2)6-10)17-15(20)7-23-16-18-13-8-24(21,22)9-14(13)19(16)3/h4-6,13-14H,7-9H2,1-3H3,(H,17,20). The molecular formula is C16H21N3O3S2. The predicted molar refractivity (Wildman–Crippen MR) is 98.4 cm³/mol. The molecular weight excluding hydrogens is 346 g/mol. The van der Waals surface area contributed by atoms with Crippen molar-refractivity contribution in [3.63, 3.8) is 0 Å². The highest BCUT2D eigenvalue weighted by molar-refractivity contribution is 8.14. The fraction of sp³-hybridized carbons (Fsp3) is 0.500. The summed E-state index contributed by atoms with van der Waals surface area (Å²) in [6.07, 6.45) is 0. The van der Waals surface area contributed by atoms with Crippen molar-refractivity contribution in [1.82, 2.24) is 4.90 Å². The Balaban J connectivity index is 1.57. The van der Waals surface area contributed by atoms with Gasteiger partial charge in [-0.1, -0.05) is 29.5 Å². The van der Waals surface area contributed by atoms with E-state index in [0.717, 1.165) is 22.0 Å². The second kappa shape index (κ2) is 6.40. The zero-order valence-electron chi connectivity index (χ0n) is 13.9. The summed E-state index contributed by atoms with van der Waals surface area (Å²) in [6, 6.07) is 5.62. The number of aryl methyl sites for hydroxylation is 2. The average molecular weight is 367 g/mol. The van der Waals surface area contributed by atoms with Gasteiger partial charge in [-0.2, -0.15) is 0 Å². The molecule has 2 aliphatic heterocycles. The quantitative estimate of drug-likeness (QED) is 0.875. The lowest BCUT2D eigenvalue weighted by atomic mass is 10.1. The summed E-state index contributed by atoms with van der Waals surface area (Å²) in [6.45, 7) is 3.98. The van der Waals surface area contributed by atoms with Crippen LogP contribution in [0.4, 0.5) is 5.69 Å². The smallest absolute Gasteiger partial charge is 0.234 e. The summed E-state index contributed by atoms with van der Waals surface area (Å²) in [5, 5.41) is 3.66. The van der Waals surface area contributed by atoms with Gasteiger partial charge in [-0.15, -0.1) is 0 Å². The van der Waals surface area contributed by atoms with Crippen LogP contribution in [0, 0.1) is 13.8 Å². The second-order valence-corrected chi connectivity index (χ2v) is 9.49. The number of carbonyl (C=O) groups excluding carboxylic acids is 1. The van der Waals surface area contributed by atoms with Gasteiger partial charge in [-0.05, 0) is 25.5 Å². The first-order valence-electron chi connectivity index (χ1n) is 7.76. The van der Waals surface area contributed by atoms with Gasteiger partial charge in [-0.25, -0.2) is 8.42 Å². The van der Waals surface area contributed by atoms with E-state index in [1.165, 1.54) is 11.8 Å². The summed E-state index contributed by atoms with van der Waals surface area (Å²) in [5.74, 6) is 0.424. The maximum atomic E-state index is 12.2. The number of hydrogen-bond donors (Lipinski definition) is 1. The molecule has 24 heavy (non-hydrogen) atoms. The van der Waals surface area contributed by atoms with Crippen molar-refractivity contribution < 1.29 is 13.2 Å². The molecule has 0 spiro atoms.